The monoisotopic (exact) mass is 218 g/mol. The minimum Gasteiger partial charge on any atom is -0.394 e. The predicted molar refractivity (Wildman–Crippen MR) is 61.8 cm³/mol. The third-order valence-electron chi connectivity index (χ3n) is 2.14. The maximum Gasteiger partial charge on any atom is 0.152 e. The second-order valence-corrected chi connectivity index (χ2v) is 3.60. The number of hydrogen-bond donors (Lipinski definition) is 2. The minimum atomic E-state index is 0.192. The normalized spacial score (nSPS) is 12.3. The largest absolute Gasteiger partial charge is 0.394 e. The molecule has 2 heterocycles. The molecule has 0 aliphatic rings. The Labute approximate surface area is 93.5 Å². The van der Waals surface area contributed by atoms with Gasteiger partial charge in [-0.05, 0) is 13.0 Å². The average Bonchev–Trinajstić information content (AvgIpc) is 2.74. The molecule has 0 amide bonds. The number of nitrogen functional groups attached to an aromatic ring is 1. The van der Waals surface area contributed by atoms with Crippen LogP contribution < -0.4 is 11.1 Å². The van der Waals surface area contributed by atoms with Crippen LogP contribution in [0.3, 0.4) is 0 Å². The van der Waals surface area contributed by atoms with Crippen molar-refractivity contribution >= 4 is 11.5 Å². The van der Waals surface area contributed by atoms with E-state index in [2.05, 4.69) is 20.4 Å². The zero-order chi connectivity index (χ0) is 11.4. The molecule has 2 rings (SSSR count). The molecule has 6 nitrogen and oxygen atoms in total. The van der Waals surface area contributed by atoms with Gasteiger partial charge in [0, 0.05) is 18.4 Å². The molecule has 0 saturated carbocycles. The summed E-state index contributed by atoms with van der Waals surface area (Å²) in [6, 6.07) is 2.09. The third-order valence-corrected chi connectivity index (χ3v) is 2.14. The van der Waals surface area contributed by atoms with Crippen molar-refractivity contribution in [2.75, 3.05) is 11.1 Å². The van der Waals surface area contributed by atoms with Crippen molar-refractivity contribution in [1.82, 2.24) is 19.7 Å². The summed E-state index contributed by atoms with van der Waals surface area (Å²) in [5, 5.41) is 7.34. The van der Waals surface area contributed by atoms with E-state index in [0.717, 1.165) is 6.54 Å². The van der Waals surface area contributed by atoms with Crippen LogP contribution in [0.5, 0.6) is 0 Å². The maximum atomic E-state index is 5.73. The van der Waals surface area contributed by atoms with Gasteiger partial charge in [-0.2, -0.15) is 5.10 Å². The van der Waals surface area contributed by atoms with Crippen LogP contribution in [0.25, 0.3) is 0 Å². The number of anilines is 2. The zero-order valence-corrected chi connectivity index (χ0v) is 9.04. The molecule has 0 bridgehead atoms. The van der Waals surface area contributed by atoms with Crippen LogP contribution >= 0.6 is 0 Å². The summed E-state index contributed by atoms with van der Waals surface area (Å²) in [5.74, 6) is 0.662. The first-order valence-corrected chi connectivity index (χ1v) is 5.05. The second kappa shape index (κ2) is 4.61. The summed E-state index contributed by atoms with van der Waals surface area (Å²) in [5.41, 5.74) is 6.28. The van der Waals surface area contributed by atoms with Gasteiger partial charge in [0.15, 0.2) is 5.82 Å². The second-order valence-electron chi connectivity index (χ2n) is 3.60. The first-order valence-electron chi connectivity index (χ1n) is 5.05. The highest BCUT2D eigenvalue weighted by molar-refractivity contribution is 5.59. The van der Waals surface area contributed by atoms with Crippen molar-refractivity contribution in [3.05, 3.63) is 31.0 Å². The minimum absolute atomic E-state index is 0.192. The van der Waals surface area contributed by atoms with Gasteiger partial charge in [0.1, 0.15) is 6.33 Å². The predicted octanol–water partition coefficient (Wildman–Crippen LogP) is 0.756. The van der Waals surface area contributed by atoms with Gasteiger partial charge < -0.3 is 11.1 Å². The maximum absolute atomic E-state index is 5.73. The fourth-order valence-electron chi connectivity index (χ4n) is 1.43. The molecule has 3 N–H and O–H groups in total. The Morgan fingerprint density at radius 1 is 1.56 bits per heavy atom. The molecule has 6 heteroatoms. The highest BCUT2D eigenvalue weighted by Gasteiger charge is 2.06. The van der Waals surface area contributed by atoms with Gasteiger partial charge in [0.05, 0.1) is 18.4 Å². The van der Waals surface area contributed by atoms with E-state index in [9.17, 15) is 0 Å². The Morgan fingerprint density at radius 3 is 3.12 bits per heavy atom. The molecule has 0 aliphatic carbocycles. The molecule has 0 spiro atoms. The molecule has 16 heavy (non-hydrogen) atoms. The fourth-order valence-corrected chi connectivity index (χ4v) is 1.43. The lowest BCUT2D eigenvalue weighted by molar-refractivity contribution is 0.560. The zero-order valence-electron chi connectivity index (χ0n) is 9.04. The van der Waals surface area contributed by atoms with Gasteiger partial charge in [-0.25, -0.2) is 9.97 Å². The topological polar surface area (TPSA) is 81.7 Å². The van der Waals surface area contributed by atoms with Crippen molar-refractivity contribution in [2.24, 2.45) is 0 Å². The highest BCUT2D eigenvalue weighted by Crippen LogP contribution is 2.12. The molecule has 0 aliphatic heterocycles. The molecule has 0 saturated heterocycles. The van der Waals surface area contributed by atoms with Crippen molar-refractivity contribution < 1.29 is 0 Å². The van der Waals surface area contributed by atoms with Gasteiger partial charge in [-0.3, -0.25) is 4.68 Å². The molecular weight excluding hydrogens is 204 g/mol. The standard InChI is InChI=1S/C10H14N6/c1-8(6-16-4-2-3-14-16)15-10-9(11)5-12-7-13-10/h2-5,7-8H,6,11H2,1H3,(H,12,13,15). The van der Waals surface area contributed by atoms with Crippen LogP contribution in [-0.2, 0) is 6.54 Å². The Hall–Kier alpha value is -2.11. The Morgan fingerprint density at radius 2 is 2.44 bits per heavy atom. The van der Waals surface area contributed by atoms with E-state index in [1.165, 1.54) is 6.33 Å². The molecule has 0 radical (unpaired) electrons. The average molecular weight is 218 g/mol. The van der Waals surface area contributed by atoms with Gasteiger partial charge >= 0.3 is 0 Å². The summed E-state index contributed by atoms with van der Waals surface area (Å²) in [6.07, 6.45) is 6.72. The quantitative estimate of drug-likeness (QED) is 0.791. The Balaban J connectivity index is 1.97. The van der Waals surface area contributed by atoms with E-state index in [-0.39, 0.29) is 6.04 Å². The van der Waals surface area contributed by atoms with E-state index >= 15 is 0 Å². The summed E-state index contributed by atoms with van der Waals surface area (Å²) >= 11 is 0. The lowest BCUT2D eigenvalue weighted by Gasteiger charge is -2.15. The van der Waals surface area contributed by atoms with Crippen LogP contribution in [0.4, 0.5) is 11.5 Å². The molecule has 0 aromatic carbocycles. The number of aromatic nitrogens is 4. The van der Waals surface area contributed by atoms with E-state index in [1.54, 1.807) is 12.4 Å². The van der Waals surface area contributed by atoms with Gasteiger partial charge in [-0.1, -0.05) is 0 Å². The smallest absolute Gasteiger partial charge is 0.152 e. The Kier molecular flexibility index (Phi) is 3.00. The third kappa shape index (κ3) is 2.47. The first kappa shape index (κ1) is 10.4. The van der Waals surface area contributed by atoms with E-state index < -0.39 is 0 Å². The number of hydrogen-bond acceptors (Lipinski definition) is 5. The Bertz CT molecular complexity index is 438. The molecule has 1 atom stereocenters. The van der Waals surface area contributed by atoms with Crippen LogP contribution in [0.1, 0.15) is 6.92 Å². The number of rotatable bonds is 4. The van der Waals surface area contributed by atoms with Gasteiger partial charge in [0.2, 0.25) is 0 Å². The molecule has 2 aromatic rings. The van der Waals surface area contributed by atoms with Crippen molar-refractivity contribution in [3.8, 4) is 0 Å². The van der Waals surface area contributed by atoms with E-state index in [0.29, 0.717) is 11.5 Å². The summed E-state index contributed by atoms with van der Waals surface area (Å²) < 4.78 is 1.86. The van der Waals surface area contributed by atoms with Crippen molar-refractivity contribution in [2.45, 2.75) is 19.5 Å². The van der Waals surface area contributed by atoms with Crippen LogP contribution in [-0.4, -0.2) is 25.8 Å². The molecule has 0 fully saturated rings. The SMILES string of the molecule is CC(Cn1cccn1)Nc1ncncc1N. The molecular formula is C10H14N6. The highest BCUT2D eigenvalue weighted by atomic mass is 15.3. The van der Waals surface area contributed by atoms with E-state index in [1.807, 2.05) is 23.9 Å². The fraction of sp³-hybridized carbons (Fsp3) is 0.300. The number of nitrogens with one attached hydrogen (secondary N) is 1. The van der Waals surface area contributed by atoms with Gasteiger partial charge in [-0.15, -0.1) is 0 Å². The number of nitrogens with zero attached hydrogens (tertiary/aromatic N) is 4. The lowest BCUT2D eigenvalue weighted by atomic mass is 10.3. The summed E-state index contributed by atoms with van der Waals surface area (Å²) in [7, 11) is 0. The number of nitrogens with two attached hydrogens (primary N) is 1. The van der Waals surface area contributed by atoms with Gasteiger partial charge in [0.25, 0.3) is 0 Å². The van der Waals surface area contributed by atoms with Crippen LogP contribution in [0.15, 0.2) is 31.0 Å². The van der Waals surface area contributed by atoms with Crippen molar-refractivity contribution in [1.29, 1.82) is 0 Å². The lowest BCUT2D eigenvalue weighted by Crippen LogP contribution is -2.23. The van der Waals surface area contributed by atoms with Crippen LogP contribution in [0, 0.1) is 0 Å². The summed E-state index contributed by atoms with van der Waals surface area (Å²) in [6.45, 7) is 2.81. The first-order chi connectivity index (χ1) is 7.75. The molecule has 1 unspecified atom stereocenters. The van der Waals surface area contributed by atoms with E-state index in [4.69, 9.17) is 5.73 Å². The van der Waals surface area contributed by atoms with Crippen molar-refractivity contribution in [3.63, 3.8) is 0 Å². The summed E-state index contributed by atoms with van der Waals surface area (Å²) in [4.78, 5) is 7.90. The molecule has 2 aromatic heterocycles. The van der Waals surface area contributed by atoms with Crippen LogP contribution in [0.2, 0.25) is 0 Å². The molecule has 84 valence electrons.